The van der Waals surface area contributed by atoms with Crippen molar-refractivity contribution in [1.82, 2.24) is 0 Å². The third kappa shape index (κ3) is 38.4. The molecule has 0 unspecified atom stereocenters. The Hall–Kier alpha value is 0.0743. The number of hydrogen-bond donors (Lipinski definition) is 0. The van der Waals surface area contributed by atoms with Crippen molar-refractivity contribution in [3.05, 3.63) is 39.8 Å². The second kappa shape index (κ2) is 32.1. The van der Waals surface area contributed by atoms with E-state index in [0.717, 1.165) is 26.1 Å². The fraction of sp³-hybridized carbons (Fsp3) is 0.765. The smallest absolute Gasteiger partial charge is 0.665 e. The minimum Gasteiger partial charge on any atom is -0.665 e. The van der Waals surface area contributed by atoms with Gasteiger partial charge in [-0.25, -0.2) is 11.6 Å². The molecular formula is C17H35N3Ti. The minimum absolute atomic E-state index is 0. The van der Waals surface area contributed by atoms with Gasteiger partial charge in [-0.05, 0) is 0 Å². The molecule has 0 aromatic rings. The molecule has 0 aliphatic heterocycles. The van der Waals surface area contributed by atoms with E-state index in [2.05, 4.69) is 41.1 Å². The third-order valence-corrected chi connectivity index (χ3v) is 2.23. The molecular weight excluding hydrogens is 294 g/mol. The molecule has 122 valence electrons. The first-order valence-corrected chi connectivity index (χ1v) is 7.61. The van der Waals surface area contributed by atoms with Crippen LogP contribution in [0.25, 0.3) is 16.0 Å². The van der Waals surface area contributed by atoms with Crippen molar-refractivity contribution < 1.29 is 21.7 Å². The Labute approximate surface area is 149 Å². The Morgan fingerprint density at radius 2 is 1.29 bits per heavy atom. The van der Waals surface area contributed by atoms with E-state index < -0.39 is 0 Å². The minimum atomic E-state index is 0. The second-order valence-electron chi connectivity index (χ2n) is 3.96. The first-order chi connectivity index (χ1) is 9.67. The average molecular weight is 329 g/mol. The molecule has 0 saturated carbocycles. The molecule has 0 heterocycles. The molecule has 1 aliphatic rings. The van der Waals surface area contributed by atoms with Crippen LogP contribution in [0.15, 0.2) is 17.7 Å². The van der Waals surface area contributed by atoms with Crippen LogP contribution in [0.4, 0.5) is 0 Å². The molecule has 0 aromatic carbocycles. The van der Waals surface area contributed by atoms with Gasteiger partial charge in [-0.3, -0.25) is 6.08 Å². The van der Waals surface area contributed by atoms with E-state index in [1.54, 1.807) is 21.1 Å². The summed E-state index contributed by atoms with van der Waals surface area (Å²) in [5, 5.41) is 11.2. The van der Waals surface area contributed by atoms with Gasteiger partial charge in [-0.1, -0.05) is 40.5 Å². The maximum atomic E-state index is 3.74. The summed E-state index contributed by atoms with van der Waals surface area (Å²) < 4.78 is 0. The molecule has 0 fully saturated rings. The van der Waals surface area contributed by atoms with Gasteiger partial charge in [0, 0.05) is 0 Å². The summed E-state index contributed by atoms with van der Waals surface area (Å²) in [6.45, 7) is 11.1. The maximum Gasteiger partial charge on any atom is 4.00 e. The fourth-order valence-corrected chi connectivity index (χ4v) is 0.891. The SMILES string of the molecule is CCCC1=[C-]CC=C1.CC[N-]C.CC[N-]C.CC[N-]C.[Ti+4]. The van der Waals surface area contributed by atoms with Crippen LogP contribution in [0.5, 0.6) is 0 Å². The van der Waals surface area contributed by atoms with E-state index in [0.29, 0.717) is 0 Å². The Bertz CT molecular complexity index is 189. The Morgan fingerprint density at radius 3 is 1.48 bits per heavy atom. The molecule has 0 atom stereocenters. The molecule has 3 nitrogen and oxygen atoms in total. The normalized spacial score (nSPS) is 10.7. The zero-order valence-electron chi connectivity index (χ0n) is 15.2. The Balaban J connectivity index is -0.0000000973. The standard InChI is InChI=1S/C8H11.3C3H8N.Ti/c1-2-5-8-6-3-4-7-8;3*1-3-4-2;/h3,6H,2,4-5H2,1H3;3*3H2,1-2H3;/q4*-1;+4. The van der Waals surface area contributed by atoms with E-state index in [1.807, 2.05) is 20.8 Å². The summed E-state index contributed by atoms with van der Waals surface area (Å²) >= 11 is 0. The van der Waals surface area contributed by atoms with Crippen LogP contribution in [0.3, 0.4) is 0 Å². The summed E-state index contributed by atoms with van der Waals surface area (Å²) in [6.07, 6.45) is 11.1. The summed E-state index contributed by atoms with van der Waals surface area (Å²) in [5.41, 5.74) is 1.40. The second-order valence-corrected chi connectivity index (χ2v) is 3.96. The van der Waals surface area contributed by atoms with Gasteiger partial charge in [0.1, 0.15) is 0 Å². The largest absolute Gasteiger partial charge is 4.00 e. The van der Waals surface area contributed by atoms with Crippen molar-refractivity contribution in [3.8, 4) is 0 Å². The van der Waals surface area contributed by atoms with Crippen LogP contribution < -0.4 is 0 Å². The van der Waals surface area contributed by atoms with Gasteiger partial charge in [0.25, 0.3) is 0 Å². The van der Waals surface area contributed by atoms with E-state index >= 15 is 0 Å². The van der Waals surface area contributed by atoms with E-state index in [9.17, 15) is 0 Å². The molecule has 1 rings (SSSR count). The van der Waals surface area contributed by atoms with Gasteiger partial charge in [0.2, 0.25) is 0 Å². The van der Waals surface area contributed by atoms with Gasteiger partial charge in [0.05, 0.1) is 0 Å². The Kier molecular flexibility index (Phi) is 44.6. The molecule has 0 saturated heterocycles. The quantitative estimate of drug-likeness (QED) is 0.472. The third-order valence-electron chi connectivity index (χ3n) is 2.23. The van der Waals surface area contributed by atoms with E-state index in [1.165, 1.54) is 18.4 Å². The van der Waals surface area contributed by atoms with Crippen molar-refractivity contribution >= 4 is 0 Å². The first kappa shape index (κ1) is 29.1. The zero-order chi connectivity index (χ0) is 16.1. The number of rotatable bonds is 5. The van der Waals surface area contributed by atoms with Gasteiger partial charge in [-0.2, -0.15) is 46.9 Å². The number of nitrogens with zero attached hydrogens (tertiary/aromatic N) is 3. The molecule has 0 amide bonds. The van der Waals surface area contributed by atoms with E-state index in [4.69, 9.17) is 0 Å². The Morgan fingerprint density at radius 1 is 0.905 bits per heavy atom. The molecule has 21 heavy (non-hydrogen) atoms. The van der Waals surface area contributed by atoms with Crippen molar-refractivity contribution in [2.45, 2.75) is 47.0 Å². The van der Waals surface area contributed by atoms with Gasteiger partial charge in [0.15, 0.2) is 0 Å². The first-order valence-electron chi connectivity index (χ1n) is 7.61. The molecule has 1 aliphatic carbocycles. The predicted molar refractivity (Wildman–Crippen MR) is 94.9 cm³/mol. The van der Waals surface area contributed by atoms with Crippen molar-refractivity contribution in [1.29, 1.82) is 0 Å². The van der Waals surface area contributed by atoms with Gasteiger partial charge in [-0.15, -0.1) is 6.42 Å². The molecule has 0 N–H and O–H groups in total. The van der Waals surface area contributed by atoms with Crippen LogP contribution in [-0.2, 0) is 21.7 Å². The number of allylic oxidation sites excluding steroid dienone is 4. The molecule has 0 aromatic heterocycles. The summed E-state index contributed by atoms with van der Waals surface area (Å²) in [5.74, 6) is 0. The molecule has 0 bridgehead atoms. The average Bonchev–Trinajstić information content (AvgIpc) is 3.01. The fourth-order valence-electron chi connectivity index (χ4n) is 0.891. The predicted octanol–water partition coefficient (Wildman–Crippen LogP) is 5.50. The maximum absolute atomic E-state index is 3.74. The number of hydrogen-bond acceptors (Lipinski definition) is 0. The van der Waals surface area contributed by atoms with Crippen LogP contribution in [0, 0.1) is 6.08 Å². The molecule has 0 radical (unpaired) electrons. The van der Waals surface area contributed by atoms with Crippen LogP contribution in [-0.4, -0.2) is 40.8 Å². The van der Waals surface area contributed by atoms with Crippen molar-refractivity contribution in [3.63, 3.8) is 0 Å². The summed E-state index contributed by atoms with van der Waals surface area (Å²) in [6, 6.07) is 0. The molecule has 0 spiro atoms. The van der Waals surface area contributed by atoms with E-state index in [-0.39, 0.29) is 21.7 Å². The van der Waals surface area contributed by atoms with Crippen LogP contribution in [0.2, 0.25) is 0 Å². The monoisotopic (exact) mass is 329 g/mol. The van der Waals surface area contributed by atoms with Crippen LogP contribution >= 0.6 is 0 Å². The van der Waals surface area contributed by atoms with Crippen molar-refractivity contribution in [2.75, 3.05) is 40.8 Å². The van der Waals surface area contributed by atoms with Crippen LogP contribution in [0.1, 0.15) is 47.0 Å². The van der Waals surface area contributed by atoms with Gasteiger partial charge < -0.3 is 16.0 Å². The van der Waals surface area contributed by atoms with Gasteiger partial charge >= 0.3 is 21.7 Å². The zero-order valence-corrected chi connectivity index (χ0v) is 16.8. The molecule has 4 heteroatoms. The van der Waals surface area contributed by atoms with Crippen molar-refractivity contribution in [2.24, 2.45) is 0 Å². The topological polar surface area (TPSA) is 42.3 Å². The summed E-state index contributed by atoms with van der Waals surface area (Å²) in [7, 11) is 5.42. The summed E-state index contributed by atoms with van der Waals surface area (Å²) in [4.78, 5) is 0.